The number of nitrogens with zero attached hydrogens (tertiary/aromatic N) is 4. The number of aromatic nitrogens is 3. The maximum Gasteiger partial charge on any atom is 0.341 e. The fraction of sp³-hybridized carbons (Fsp3) is 0.125. The standard InChI is InChI=1S/C24H20N6O3/c1-2-11-30-14-19(23(32)33)22(31)18-8-7-17(12-20(18)30)27-21-9-10-26-24(29-21)28-16-5-3-15(13-25)4-6-16/h3-10,12,14H,2,11H2,1H3,(H,32,33)(H2,26,27,28,29). The number of hydrogen-bond acceptors (Lipinski definition) is 7. The second kappa shape index (κ2) is 9.20. The number of fused-ring (bicyclic) bond motifs is 1. The summed E-state index contributed by atoms with van der Waals surface area (Å²) in [6.07, 6.45) is 3.78. The zero-order valence-electron chi connectivity index (χ0n) is 17.7. The molecule has 9 nitrogen and oxygen atoms in total. The zero-order chi connectivity index (χ0) is 23.4. The molecular formula is C24H20N6O3. The van der Waals surface area contributed by atoms with Crippen LogP contribution in [0.4, 0.5) is 23.1 Å². The molecule has 0 saturated heterocycles. The van der Waals surface area contributed by atoms with Gasteiger partial charge >= 0.3 is 5.97 Å². The first-order valence-corrected chi connectivity index (χ1v) is 10.3. The Morgan fingerprint density at radius 2 is 1.88 bits per heavy atom. The normalized spacial score (nSPS) is 10.5. The van der Waals surface area contributed by atoms with Gasteiger partial charge < -0.3 is 20.3 Å². The molecule has 0 spiro atoms. The first-order valence-electron chi connectivity index (χ1n) is 10.3. The number of carboxylic acids is 1. The van der Waals surface area contributed by atoms with E-state index in [-0.39, 0.29) is 5.56 Å². The number of hydrogen-bond donors (Lipinski definition) is 3. The summed E-state index contributed by atoms with van der Waals surface area (Å²) in [5, 5.41) is 24.9. The molecular weight excluding hydrogens is 420 g/mol. The number of anilines is 4. The molecule has 4 rings (SSSR count). The molecule has 33 heavy (non-hydrogen) atoms. The van der Waals surface area contributed by atoms with Gasteiger partial charge in [-0.1, -0.05) is 6.92 Å². The highest BCUT2D eigenvalue weighted by Gasteiger charge is 2.15. The van der Waals surface area contributed by atoms with Crippen LogP contribution in [-0.2, 0) is 6.54 Å². The number of aromatic carboxylic acids is 1. The third-order valence-electron chi connectivity index (χ3n) is 4.97. The van der Waals surface area contributed by atoms with Gasteiger partial charge in [-0.15, -0.1) is 0 Å². The highest BCUT2D eigenvalue weighted by atomic mass is 16.4. The van der Waals surface area contributed by atoms with E-state index in [1.807, 2.05) is 6.92 Å². The predicted molar refractivity (Wildman–Crippen MR) is 125 cm³/mol. The maximum atomic E-state index is 12.6. The first kappa shape index (κ1) is 21.5. The summed E-state index contributed by atoms with van der Waals surface area (Å²) in [6.45, 7) is 2.56. The number of rotatable bonds is 7. The Morgan fingerprint density at radius 1 is 1.12 bits per heavy atom. The van der Waals surface area contributed by atoms with Crippen molar-refractivity contribution >= 4 is 40.0 Å². The number of carboxylic acid groups (broad SMARTS) is 1. The molecule has 0 aliphatic carbocycles. The summed E-state index contributed by atoms with van der Waals surface area (Å²) in [7, 11) is 0. The van der Waals surface area contributed by atoms with Crippen LogP contribution in [0.1, 0.15) is 29.3 Å². The van der Waals surface area contributed by atoms with Gasteiger partial charge in [-0.3, -0.25) is 4.79 Å². The first-order chi connectivity index (χ1) is 16.0. The summed E-state index contributed by atoms with van der Waals surface area (Å²) in [5.41, 5.74) is 1.89. The molecule has 0 amide bonds. The smallest absolute Gasteiger partial charge is 0.341 e. The van der Waals surface area contributed by atoms with Gasteiger partial charge in [0, 0.05) is 35.7 Å². The molecule has 3 N–H and O–H groups in total. The largest absolute Gasteiger partial charge is 0.477 e. The molecule has 0 saturated carbocycles. The van der Waals surface area contributed by atoms with E-state index in [0.29, 0.717) is 40.5 Å². The Morgan fingerprint density at radius 3 is 2.58 bits per heavy atom. The van der Waals surface area contributed by atoms with Crippen LogP contribution < -0.4 is 16.1 Å². The molecule has 0 aliphatic heterocycles. The molecule has 4 aromatic rings. The maximum absolute atomic E-state index is 12.6. The zero-order valence-corrected chi connectivity index (χ0v) is 17.7. The fourth-order valence-electron chi connectivity index (χ4n) is 3.44. The second-order valence-corrected chi connectivity index (χ2v) is 7.31. The average Bonchev–Trinajstić information content (AvgIpc) is 2.81. The van der Waals surface area contributed by atoms with Gasteiger partial charge in [-0.05, 0) is 55.0 Å². The van der Waals surface area contributed by atoms with Crippen LogP contribution in [0.5, 0.6) is 0 Å². The van der Waals surface area contributed by atoms with E-state index in [4.69, 9.17) is 5.26 Å². The summed E-state index contributed by atoms with van der Waals surface area (Å²) < 4.78 is 1.78. The van der Waals surface area contributed by atoms with Gasteiger partial charge in [0.05, 0.1) is 17.1 Å². The van der Waals surface area contributed by atoms with Crippen LogP contribution in [-0.4, -0.2) is 25.6 Å². The Bertz CT molecular complexity index is 1440. The molecule has 2 aromatic heterocycles. The SMILES string of the molecule is CCCn1cc(C(=O)O)c(=O)c2ccc(Nc3ccnc(Nc4ccc(C#N)cc4)n3)cc21. The molecule has 2 heterocycles. The van der Waals surface area contributed by atoms with Crippen LogP contribution in [0.3, 0.4) is 0 Å². The molecule has 0 fully saturated rings. The Kier molecular flexibility index (Phi) is 6.00. The lowest BCUT2D eigenvalue weighted by molar-refractivity contribution is 0.0695. The van der Waals surface area contributed by atoms with E-state index in [0.717, 1.165) is 12.1 Å². The molecule has 0 aliphatic rings. The Balaban J connectivity index is 1.63. The van der Waals surface area contributed by atoms with Gasteiger partial charge in [-0.25, -0.2) is 9.78 Å². The number of nitrogens with one attached hydrogen (secondary N) is 2. The van der Waals surface area contributed by atoms with E-state index in [2.05, 4.69) is 26.7 Å². The van der Waals surface area contributed by atoms with Crippen molar-refractivity contribution in [3.63, 3.8) is 0 Å². The molecule has 0 bridgehead atoms. The minimum atomic E-state index is -1.24. The van der Waals surface area contributed by atoms with Crippen molar-refractivity contribution < 1.29 is 9.90 Å². The average molecular weight is 440 g/mol. The summed E-state index contributed by atoms with van der Waals surface area (Å²) >= 11 is 0. The van der Waals surface area contributed by atoms with Crippen molar-refractivity contribution in [2.24, 2.45) is 0 Å². The Labute approximate surface area is 189 Å². The summed E-state index contributed by atoms with van der Waals surface area (Å²) in [6, 6.07) is 15.8. The number of aryl methyl sites for hydroxylation is 1. The lowest BCUT2D eigenvalue weighted by atomic mass is 10.1. The van der Waals surface area contributed by atoms with Crippen molar-refractivity contribution in [1.82, 2.24) is 14.5 Å². The van der Waals surface area contributed by atoms with Crippen molar-refractivity contribution in [3.8, 4) is 6.07 Å². The van der Waals surface area contributed by atoms with Crippen LogP contribution in [0.2, 0.25) is 0 Å². The van der Waals surface area contributed by atoms with E-state index in [1.54, 1.807) is 59.3 Å². The van der Waals surface area contributed by atoms with E-state index >= 15 is 0 Å². The fourth-order valence-corrected chi connectivity index (χ4v) is 3.44. The number of pyridine rings is 1. The van der Waals surface area contributed by atoms with Gasteiger partial charge in [0.25, 0.3) is 0 Å². The minimum absolute atomic E-state index is 0.244. The van der Waals surface area contributed by atoms with Gasteiger partial charge in [-0.2, -0.15) is 10.2 Å². The van der Waals surface area contributed by atoms with Crippen LogP contribution in [0.25, 0.3) is 10.9 Å². The van der Waals surface area contributed by atoms with E-state index in [1.165, 1.54) is 6.20 Å². The van der Waals surface area contributed by atoms with Gasteiger partial charge in [0.15, 0.2) is 0 Å². The van der Waals surface area contributed by atoms with Crippen molar-refractivity contribution in [2.45, 2.75) is 19.9 Å². The second-order valence-electron chi connectivity index (χ2n) is 7.31. The lowest BCUT2D eigenvalue weighted by Crippen LogP contribution is -2.19. The van der Waals surface area contributed by atoms with Gasteiger partial charge in [0.2, 0.25) is 11.4 Å². The number of benzene rings is 2. The van der Waals surface area contributed by atoms with Crippen LogP contribution in [0.15, 0.2) is 65.7 Å². The van der Waals surface area contributed by atoms with Crippen LogP contribution >= 0.6 is 0 Å². The van der Waals surface area contributed by atoms with Crippen LogP contribution in [0, 0.1) is 11.3 Å². The Hall–Kier alpha value is -4.71. The molecule has 164 valence electrons. The monoisotopic (exact) mass is 440 g/mol. The minimum Gasteiger partial charge on any atom is -0.477 e. The third kappa shape index (κ3) is 4.65. The highest BCUT2D eigenvalue weighted by molar-refractivity contribution is 5.93. The lowest BCUT2D eigenvalue weighted by Gasteiger charge is -2.13. The summed E-state index contributed by atoms with van der Waals surface area (Å²) in [5.74, 6) is -0.330. The predicted octanol–water partition coefficient (Wildman–Crippen LogP) is 4.26. The van der Waals surface area contributed by atoms with Crippen molar-refractivity contribution in [2.75, 3.05) is 10.6 Å². The van der Waals surface area contributed by atoms with Gasteiger partial charge in [0.1, 0.15) is 11.4 Å². The molecule has 0 unspecified atom stereocenters. The number of nitriles is 1. The molecule has 9 heteroatoms. The molecule has 0 radical (unpaired) electrons. The quantitative estimate of drug-likeness (QED) is 0.388. The highest BCUT2D eigenvalue weighted by Crippen LogP contribution is 2.22. The topological polar surface area (TPSA) is 133 Å². The summed E-state index contributed by atoms with van der Waals surface area (Å²) in [4.78, 5) is 32.7. The van der Waals surface area contributed by atoms with E-state index < -0.39 is 11.4 Å². The van der Waals surface area contributed by atoms with Crippen molar-refractivity contribution in [3.05, 3.63) is 82.3 Å². The van der Waals surface area contributed by atoms with E-state index in [9.17, 15) is 14.7 Å². The molecule has 0 atom stereocenters. The third-order valence-corrected chi connectivity index (χ3v) is 4.97. The van der Waals surface area contributed by atoms with Crippen molar-refractivity contribution in [1.29, 1.82) is 5.26 Å². The number of carbonyl (C=O) groups is 1. The molecule has 2 aromatic carbocycles.